The molecule has 5 nitrogen and oxygen atoms in total. The molecule has 1 amide bonds. The van der Waals surface area contributed by atoms with E-state index in [4.69, 9.17) is 18.0 Å². The van der Waals surface area contributed by atoms with E-state index >= 15 is 0 Å². The maximum atomic E-state index is 11.9. The van der Waals surface area contributed by atoms with Crippen LogP contribution in [-0.4, -0.2) is 38.5 Å². The molecule has 1 aromatic carbocycles. The number of nitrogens with zero attached hydrogens (tertiary/aromatic N) is 1. The maximum absolute atomic E-state index is 11.9. The molecule has 0 radical (unpaired) electrons. The van der Waals surface area contributed by atoms with Crippen LogP contribution in [0.4, 0.5) is 0 Å². The van der Waals surface area contributed by atoms with E-state index in [0.29, 0.717) is 36.2 Å². The van der Waals surface area contributed by atoms with Gasteiger partial charge in [0.2, 0.25) is 0 Å². The number of nitrogens with one attached hydrogen (secondary N) is 3. The van der Waals surface area contributed by atoms with Crippen molar-refractivity contribution in [3.63, 3.8) is 0 Å². The Labute approximate surface area is 147 Å². The Balaban J connectivity index is 0.00000400. The van der Waals surface area contributed by atoms with Gasteiger partial charge in [-0.1, -0.05) is 29.7 Å². The predicted octanol–water partition coefficient (Wildman–Crippen LogP) is 1.49. The minimum atomic E-state index is -0.205. The number of carbonyl (C=O) groups is 1. The van der Waals surface area contributed by atoms with Gasteiger partial charge in [0.05, 0.1) is 17.1 Å². The highest BCUT2D eigenvalue weighted by Crippen LogP contribution is 2.14. The molecule has 1 rings (SSSR count). The lowest BCUT2D eigenvalue weighted by Gasteiger charge is -2.11. The average molecular weight is 421 g/mol. The number of hydrogen-bond acceptors (Lipinski definition) is 2. The van der Waals surface area contributed by atoms with Crippen LogP contribution < -0.4 is 16.0 Å². The second-order valence-corrected chi connectivity index (χ2v) is 4.20. The monoisotopic (exact) mass is 420 g/mol. The van der Waals surface area contributed by atoms with Crippen molar-refractivity contribution in [2.75, 3.05) is 26.7 Å². The second-order valence-electron chi connectivity index (χ2n) is 3.79. The zero-order chi connectivity index (χ0) is 14.8. The molecule has 0 saturated carbocycles. The van der Waals surface area contributed by atoms with E-state index in [1.807, 2.05) is 0 Å². The SMILES string of the molecule is C#CCNC(=NC)NCCNC(=O)c1ccccc1Cl.I. The highest BCUT2D eigenvalue weighted by molar-refractivity contribution is 14.0. The van der Waals surface area contributed by atoms with Crippen LogP contribution in [0, 0.1) is 12.3 Å². The third-order valence-corrected chi connectivity index (χ3v) is 2.73. The number of carbonyl (C=O) groups excluding carboxylic acids is 1. The summed E-state index contributed by atoms with van der Waals surface area (Å²) in [5, 5.41) is 9.14. The second kappa shape index (κ2) is 11.2. The van der Waals surface area contributed by atoms with Gasteiger partial charge in [-0.25, -0.2) is 0 Å². The fourth-order valence-electron chi connectivity index (χ4n) is 1.45. The molecule has 114 valence electrons. The summed E-state index contributed by atoms with van der Waals surface area (Å²) in [6.45, 7) is 1.37. The van der Waals surface area contributed by atoms with Crippen molar-refractivity contribution in [2.24, 2.45) is 4.99 Å². The molecule has 0 aliphatic rings. The van der Waals surface area contributed by atoms with Gasteiger partial charge in [0.15, 0.2) is 5.96 Å². The normalized spacial score (nSPS) is 10.0. The number of terminal acetylenes is 1. The predicted molar refractivity (Wildman–Crippen MR) is 97.4 cm³/mol. The molecule has 0 fully saturated rings. The lowest BCUT2D eigenvalue weighted by molar-refractivity contribution is 0.0954. The number of hydrogen-bond donors (Lipinski definition) is 3. The largest absolute Gasteiger partial charge is 0.355 e. The van der Waals surface area contributed by atoms with E-state index in [2.05, 4.69) is 26.9 Å². The van der Waals surface area contributed by atoms with Gasteiger partial charge in [0.1, 0.15) is 0 Å². The van der Waals surface area contributed by atoms with Gasteiger partial charge >= 0.3 is 0 Å². The smallest absolute Gasteiger partial charge is 0.252 e. The standard InChI is InChI=1S/C14H17ClN4O.HI/c1-3-8-18-14(16-2)19-10-9-17-13(20)11-6-4-5-7-12(11)15;/h1,4-7H,8-10H2,2H3,(H,17,20)(H2,16,18,19);1H. The molecule has 3 N–H and O–H groups in total. The number of amides is 1. The molecule has 21 heavy (non-hydrogen) atoms. The molecule has 0 atom stereocenters. The minimum absolute atomic E-state index is 0. The Kier molecular flexibility index (Phi) is 10.4. The highest BCUT2D eigenvalue weighted by Gasteiger charge is 2.08. The Morgan fingerprint density at radius 1 is 1.29 bits per heavy atom. The van der Waals surface area contributed by atoms with Crippen LogP contribution in [-0.2, 0) is 0 Å². The third-order valence-electron chi connectivity index (χ3n) is 2.40. The summed E-state index contributed by atoms with van der Waals surface area (Å²) in [7, 11) is 1.65. The molecule has 0 heterocycles. The maximum Gasteiger partial charge on any atom is 0.252 e. The van der Waals surface area contributed by atoms with Crippen LogP contribution in [0.15, 0.2) is 29.3 Å². The summed E-state index contributed by atoms with van der Waals surface area (Å²) >= 11 is 5.94. The topological polar surface area (TPSA) is 65.5 Å². The molecule has 0 aliphatic heterocycles. The Hall–Kier alpha value is -1.46. The summed E-state index contributed by atoms with van der Waals surface area (Å²) in [5.74, 6) is 2.84. The Morgan fingerprint density at radius 3 is 2.57 bits per heavy atom. The first-order valence-electron chi connectivity index (χ1n) is 6.09. The molecule has 7 heteroatoms. The van der Waals surface area contributed by atoms with Gasteiger partial charge in [-0.2, -0.15) is 0 Å². The number of aliphatic imine (C=N–C) groups is 1. The van der Waals surface area contributed by atoms with Crippen molar-refractivity contribution in [1.29, 1.82) is 0 Å². The molecule has 0 bridgehead atoms. The fourth-order valence-corrected chi connectivity index (χ4v) is 1.67. The van der Waals surface area contributed by atoms with Crippen molar-refractivity contribution in [1.82, 2.24) is 16.0 Å². The fraction of sp³-hybridized carbons (Fsp3) is 0.286. The third kappa shape index (κ3) is 7.20. The zero-order valence-corrected chi connectivity index (χ0v) is 14.7. The van der Waals surface area contributed by atoms with E-state index in [-0.39, 0.29) is 29.9 Å². The van der Waals surface area contributed by atoms with Crippen LogP contribution in [0.5, 0.6) is 0 Å². The summed E-state index contributed by atoms with van der Waals surface area (Å²) in [5.41, 5.74) is 0.462. The Bertz CT molecular complexity index is 528. The summed E-state index contributed by atoms with van der Waals surface area (Å²) in [6.07, 6.45) is 5.14. The van der Waals surface area contributed by atoms with Gasteiger partial charge in [-0.05, 0) is 12.1 Å². The lowest BCUT2D eigenvalue weighted by atomic mass is 10.2. The van der Waals surface area contributed by atoms with E-state index in [0.717, 1.165) is 0 Å². The van der Waals surface area contributed by atoms with Gasteiger partial charge in [-0.15, -0.1) is 30.4 Å². The van der Waals surface area contributed by atoms with Crippen molar-refractivity contribution in [3.05, 3.63) is 34.9 Å². The summed E-state index contributed by atoms with van der Waals surface area (Å²) in [4.78, 5) is 15.8. The molecule has 1 aromatic rings. The molecule has 0 saturated heterocycles. The number of rotatable bonds is 5. The molecule has 0 aliphatic carbocycles. The van der Waals surface area contributed by atoms with Gasteiger partial charge in [-0.3, -0.25) is 9.79 Å². The minimum Gasteiger partial charge on any atom is -0.355 e. The van der Waals surface area contributed by atoms with E-state index in [1.54, 1.807) is 31.3 Å². The summed E-state index contributed by atoms with van der Waals surface area (Å²) in [6, 6.07) is 6.91. The first-order chi connectivity index (χ1) is 9.69. The van der Waals surface area contributed by atoms with Gasteiger partial charge in [0.25, 0.3) is 5.91 Å². The first-order valence-corrected chi connectivity index (χ1v) is 6.47. The van der Waals surface area contributed by atoms with Gasteiger partial charge < -0.3 is 16.0 Å². The van der Waals surface area contributed by atoms with Crippen LogP contribution in [0.1, 0.15) is 10.4 Å². The van der Waals surface area contributed by atoms with Crippen molar-refractivity contribution < 1.29 is 4.79 Å². The molecule has 0 unspecified atom stereocenters. The van der Waals surface area contributed by atoms with Crippen molar-refractivity contribution >= 4 is 47.4 Å². The van der Waals surface area contributed by atoms with Crippen LogP contribution in [0.2, 0.25) is 5.02 Å². The van der Waals surface area contributed by atoms with Crippen LogP contribution >= 0.6 is 35.6 Å². The molecule has 0 aromatic heterocycles. The summed E-state index contributed by atoms with van der Waals surface area (Å²) < 4.78 is 0. The average Bonchev–Trinajstić information content (AvgIpc) is 2.46. The van der Waals surface area contributed by atoms with E-state index in [1.165, 1.54) is 0 Å². The van der Waals surface area contributed by atoms with Crippen molar-refractivity contribution in [2.45, 2.75) is 0 Å². The van der Waals surface area contributed by atoms with Crippen LogP contribution in [0.3, 0.4) is 0 Å². The molecular weight excluding hydrogens is 403 g/mol. The highest BCUT2D eigenvalue weighted by atomic mass is 127. The van der Waals surface area contributed by atoms with Gasteiger partial charge in [0, 0.05) is 20.1 Å². The van der Waals surface area contributed by atoms with Crippen LogP contribution in [0.25, 0.3) is 0 Å². The number of halogens is 2. The molecule has 0 spiro atoms. The lowest BCUT2D eigenvalue weighted by Crippen LogP contribution is -2.41. The quantitative estimate of drug-likeness (QED) is 0.222. The number of guanidine groups is 1. The number of benzene rings is 1. The van der Waals surface area contributed by atoms with E-state index < -0.39 is 0 Å². The van der Waals surface area contributed by atoms with E-state index in [9.17, 15) is 4.79 Å². The zero-order valence-electron chi connectivity index (χ0n) is 11.6. The first kappa shape index (κ1) is 19.5. The van der Waals surface area contributed by atoms with Crippen molar-refractivity contribution in [3.8, 4) is 12.3 Å². The Morgan fingerprint density at radius 2 is 1.95 bits per heavy atom. The molecular formula is C14H18ClIN4O.